The van der Waals surface area contributed by atoms with Gasteiger partial charge in [0.25, 0.3) is 0 Å². The van der Waals surface area contributed by atoms with Gasteiger partial charge in [0.1, 0.15) is 12.1 Å². The van der Waals surface area contributed by atoms with Gasteiger partial charge in [0.2, 0.25) is 11.8 Å². The minimum atomic E-state index is -0.465. The molecule has 1 fully saturated rings. The summed E-state index contributed by atoms with van der Waals surface area (Å²) in [6, 6.07) is 6.51. The molecule has 0 aromatic heterocycles. The van der Waals surface area contributed by atoms with Gasteiger partial charge in [-0.2, -0.15) is 0 Å². The molecule has 1 saturated heterocycles. The smallest absolute Gasteiger partial charge is 0.245 e. The van der Waals surface area contributed by atoms with Gasteiger partial charge in [-0.1, -0.05) is 37.6 Å². The van der Waals surface area contributed by atoms with E-state index in [0.717, 1.165) is 5.56 Å². The number of hydrogen-bond acceptors (Lipinski definition) is 2. The van der Waals surface area contributed by atoms with Crippen molar-refractivity contribution in [3.05, 3.63) is 34.9 Å². The molecule has 2 amide bonds. The maximum atomic E-state index is 12.4. The van der Waals surface area contributed by atoms with Crippen LogP contribution in [-0.2, 0) is 16.1 Å². The van der Waals surface area contributed by atoms with E-state index in [9.17, 15) is 9.59 Å². The van der Waals surface area contributed by atoms with Crippen LogP contribution in [0.2, 0.25) is 5.02 Å². The van der Waals surface area contributed by atoms with Gasteiger partial charge >= 0.3 is 0 Å². The molecule has 0 aliphatic carbocycles. The van der Waals surface area contributed by atoms with Gasteiger partial charge in [-0.05, 0) is 37.0 Å². The van der Waals surface area contributed by atoms with Crippen LogP contribution in [0.5, 0.6) is 0 Å². The molecule has 0 spiro atoms. The molecule has 1 aliphatic rings. The number of halogens is 1. The van der Waals surface area contributed by atoms with E-state index in [2.05, 4.69) is 19.2 Å². The van der Waals surface area contributed by atoms with E-state index in [0.29, 0.717) is 23.9 Å². The first kappa shape index (κ1) is 15.8. The molecule has 114 valence electrons. The lowest BCUT2D eigenvalue weighted by atomic mass is 9.97. The summed E-state index contributed by atoms with van der Waals surface area (Å²) in [6.45, 7) is 6.26. The van der Waals surface area contributed by atoms with Gasteiger partial charge in [-0.3, -0.25) is 9.59 Å². The first-order chi connectivity index (χ1) is 9.88. The predicted octanol–water partition coefficient (Wildman–Crippen LogP) is 2.60. The molecule has 0 bridgehead atoms. The Balaban J connectivity index is 2.22. The Kier molecular flexibility index (Phi) is 4.88. The molecule has 1 aliphatic heterocycles. The van der Waals surface area contributed by atoms with Crippen LogP contribution in [0.15, 0.2) is 24.3 Å². The summed E-state index contributed by atoms with van der Waals surface area (Å²) in [6.07, 6.45) is 0.665. The average Bonchev–Trinajstić information content (AvgIpc) is 2.42. The fourth-order valence-corrected chi connectivity index (χ4v) is 2.70. The summed E-state index contributed by atoms with van der Waals surface area (Å²) in [5.41, 5.74) is 0.975. The van der Waals surface area contributed by atoms with E-state index in [1.807, 2.05) is 12.1 Å². The third kappa shape index (κ3) is 3.76. The first-order valence-electron chi connectivity index (χ1n) is 7.23. The second kappa shape index (κ2) is 6.48. The third-order valence-electron chi connectivity index (χ3n) is 3.65. The summed E-state index contributed by atoms with van der Waals surface area (Å²) in [5, 5.41) is 3.42. The molecule has 2 atom stereocenters. The Labute approximate surface area is 130 Å². The summed E-state index contributed by atoms with van der Waals surface area (Å²) in [7, 11) is 0. The van der Waals surface area contributed by atoms with Crippen LogP contribution in [0.3, 0.4) is 0 Å². The number of carbonyl (C=O) groups excluding carboxylic acids is 2. The van der Waals surface area contributed by atoms with E-state index < -0.39 is 12.1 Å². The van der Waals surface area contributed by atoms with Crippen molar-refractivity contribution in [3.63, 3.8) is 0 Å². The quantitative estimate of drug-likeness (QED) is 0.929. The van der Waals surface area contributed by atoms with Crippen molar-refractivity contribution >= 4 is 23.4 Å². The van der Waals surface area contributed by atoms with Crippen LogP contribution in [0.4, 0.5) is 0 Å². The molecule has 2 unspecified atom stereocenters. The molecule has 2 rings (SSSR count). The summed E-state index contributed by atoms with van der Waals surface area (Å²) >= 11 is 5.88. The minimum absolute atomic E-state index is 0.0322. The molecular formula is C16H21ClN2O2. The SMILES string of the molecule is CC(C)CC1C(=O)NC(C)C(=O)N1Cc1ccc(Cl)cc1. The molecule has 4 nitrogen and oxygen atoms in total. The topological polar surface area (TPSA) is 49.4 Å². The first-order valence-corrected chi connectivity index (χ1v) is 7.61. The van der Waals surface area contributed by atoms with E-state index in [1.54, 1.807) is 24.0 Å². The molecule has 21 heavy (non-hydrogen) atoms. The largest absolute Gasteiger partial charge is 0.343 e. The zero-order chi connectivity index (χ0) is 15.6. The Bertz CT molecular complexity index is 528. The number of rotatable bonds is 4. The van der Waals surface area contributed by atoms with Crippen molar-refractivity contribution in [3.8, 4) is 0 Å². The van der Waals surface area contributed by atoms with Crippen LogP contribution in [0.1, 0.15) is 32.8 Å². The Hall–Kier alpha value is -1.55. The van der Waals surface area contributed by atoms with Crippen LogP contribution in [0.25, 0.3) is 0 Å². The maximum Gasteiger partial charge on any atom is 0.245 e. The molecule has 1 aromatic rings. The second-order valence-corrected chi connectivity index (χ2v) is 6.40. The van der Waals surface area contributed by atoms with Crippen LogP contribution >= 0.6 is 11.6 Å². The highest BCUT2D eigenvalue weighted by molar-refractivity contribution is 6.30. The molecule has 1 N–H and O–H groups in total. The number of carbonyl (C=O) groups is 2. The normalized spacial score (nSPS) is 22.6. The van der Waals surface area contributed by atoms with E-state index in [1.165, 1.54) is 0 Å². The Morgan fingerprint density at radius 1 is 1.24 bits per heavy atom. The van der Waals surface area contributed by atoms with E-state index >= 15 is 0 Å². The molecular weight excluding hydrogens is 288 g/mol. The lowest BCUT2D eigenvalue weighted by molar-refractivity contribution is -0.150. The Morgan fingerprint density at radius 3 is 2.43 bits per heavy atom. The maximum absolute atomic E-state index is 12.4. The zero-order valence-electron chi connectivity index (χ0n) is 12.6. The molecule has 1 heterocycles. The monoisotopic (exact) mass is 308 g/mol. The summed E-state index contributed by atoms with van der Waals surface area (Å²) in [4.78, 5) is 26.3. The van der Waals surface area contributed by atoms with Crippen molar-refractivity contribution in [2.75, 3.05) is 0 Å². The second-order valence-electron chi connectivity index (χ2n) is 5.97. The highest BCUT2D eigenvalue weighted by atomic mass is 35.5. The van der Waals surface area contributed by atoms with Gasteiger partial charge in [0, 0.05) is 11.6 Å². The lowest BCUT2D eigenvalue weighted by Crippen LogP contribution is -2.62. The molecule has 1 aromatic carbocycles. The molecule has 5 heteroatoms. The van der Waals surface area contributed by atoms with Gasteiger partial charge in [0.15, 0.2) is 0 Å². The van der Waals surface area contributed by atoms with E-state index in [-0.39, 0.29) is 11.8 Å². The van der Waals surface area contributed by atoms with Crippen molar-refractivity contribution in [2.45, 2.75) is 45.8 Å². The summed E-state index contributed by atoms with van der Waals surface area (Å²) < 4.78 is 0. The fraction of sp³-hybridized carbons (Fsp3) is 0.500. The van der Waals surface area contributed by atoms with Crippen molar-refractivity contribution < 1.29 is 9.59 Å². The standard InChI is InChI=1S/C16H21ClN2O2/c1-10(2)8-14-15(20)18-11(3)16(21)19(14)9-12-4-6-13(17)7-5-12/h4-7,10-11,14H,8-9H2,1-3H3,(H,18,20). The number of nitrogens with zero attached hydrogens (tertiary/aromatic N) is 1. The highest BCUT2D eigenvalue weighted by Gasteiger charge is 2.38. The summed E-state index contributed by atoms with van der Waals surface area (Å²) in [5.74, 6) is 0.245. The van der Waals surface area contributed by atoms with Crippen LogP contribution in [0, 0.1) is 5.92 Å². The lowest BCUT2D eigenvalue weighted by Gasteiger charge is -2.38. The minimum Gasteiger partial charge on any atom is -0.343 e. The molecule has 0 saturated carbocycles. The highest BCUT2D eigenvalue weighted by Crippen LogP contribution is 2.21. The van der Waals surface area contributed by atoms with Crippen molar-refractivity contribution in [1.29, 1.82) is 0 Å². The van der Waals surface area contributed by atoms with Crippen LogP contribution in [-0.4, -0.2) is 28.8 Å². The Morgan fingerprint density at radius 2 is 1.86 bits per heavy atom. The third-order valence-corrected chi connectivity index (χ3v) is 3.90. The van der Waals surface area contributed by atoms with Crippen molar-refractivity contribution in [2.24, 2.45) is 5.92 Å². The predicted molar refractivity (Wildman–Crippen MR) is 82.8 cm³/mol. The molecule has 0 radical (unpaired) electrons. The average molecular weight is 309 g/mol. The van der Waals surface area contributed by atoms with E-state index in [4.69, 9.17) is 11.6 Å². The number of nitrogens with one attached hydrogen (secondary N) is 1. The van der Waals surface area contributed by atoms with Gasteiger partial charge in [-0.15, -0.1) is 0 Å². The van der Waals surface area contributed by atoms with Gasteiger partial charge < -0.3 is 10.2 Å². The fourth-order valence-electron chi connectivity index (χ4n) is 2.57. The number of amides is 2. The van der Waals surface area contributed by atoms with Gasteiger partial charge in [0.05, 0.1) is 0 Å². The zero-order valence-corrected chi connectivity index (χ0v) is 13.4. The number of hydrogen-bond donors (Lipinski definition) is 1. The van der Waals surface area contributed by atoms with Gasteiger partial charge in [-0.25, -0.2) is 0 Å². The number of benzene rings is 1. The van der Waals surface area contributed by atoms with Crippen molar-refractivity contribution in [1.82, 2.24) is 10.2 Å². The number of piperazine rings is 1. The van der Waals surface area contributed by atoms with Crippen LogP contribution < -0.4 is 5.32 Å².